The molecule has 1 N–H and O–H groups in total. The summed E-state index contributed by atoms with van der Waals surface area (Å²) in [4.78, 5) is 23.4. The molecule has 5 rings (SSSR count). The molecular formula is C32H37N3O3. The van der Waals surface area contributed by atoms with E-state index in [4.69, 9.17) is 19.8 Å². The Labute approximate surface area is 225 Å². The summed E-state index contributed by atoms with van der Waals surface area (Å²) in [6.45, 7) is 3.35. The zero-order valence-electron chi connectivity index (χ0n) is 22.0. The number of likely N-dealkylation sites (tertiary alicyclic amines) is 1. The molecule has 1 fully saturated rings. The first-order valence-corrected chi connectivity index (χ1v) is 13.8. The summed E-state index contributed by atoms with van der Waals surface area (Å²) < 4.78 is 6.11. The zero-order valence-corrected chi connectivity index (χ0v) is 22.0. The van der Waals surface area contributed by atoms with Crippen molar-refractivity contribution >= 4 is 17.0 Å². The second-order valence-corrected chi connectivity index (χ2v) is 10.5. The van der Waals surface area contributed by atoms with Gasteiger partial charge in [0, 0.05) is 25.4 Å². The summed E-state index contributed by atoms with van der Waals surface area (Å²) in [6, 6.07) is 17.0. The Morgan fingerprint density at radius 3 is 2.74 bits per heavy atom. The van der Waals surface area contributed by atoms with Crippen molar-refractivity contribution in [2.75, 3.05) is 19.8 Å². The molecule has 198 valence electrons. The van der Waals surface area contributed by atoms with Crippen LogP contribution in [0.3, 0.4) is 0 Å². The first-order valence-electron chi connectivity index (χ1n) is 13.8. The predicted octanol–water partition coefficient (Wildman–Crippen LogP) is 6.07. The lowest BCUT2D eigenvalue weighted by molar-refractivity contribution is -0.137. The predicted molar refractivity (Wildman–Crippen MR) is 150 cm³/mol. The Bertz CT molecular complexity index is 1290. The summed E-state index contributed by atoms with van der Waals surface area (Å²) >= 11 is 0. The quantitative estimate of drug-likeness (QED) is 0.298. The Morgan fingerprint density at radius 1 is 1.03 bits per heavy atom. The average Bonchev–Trinajstić information content (AvgIpc) is 3.38. The summed E-state index contributed by atoms with van der Waals surface area (Å²) in [5.74, 6) is 0.149. The van der Waals surface area contributed by atoms with Gasteiger partial charge in [0.15, 0.2) is 0 Å². The molecule has 0 saturated carbocycles. The number of benzene rings is 2. The second kappa shape index (κ2) is 12.9. The van der Waals surface area contributed by atoms with Gasteiger partial charge in [0.1, 0.15) is 0 Å². The molecular weight excluding hydrogens is 474 g/mol. The van der Waals surface area contributed by atoms with Gasteiger partial charge < -0.3 is 9.84 Å². The van der Waals surface area contributed by atoms with E-state index in [-0.39, 0.29) is 12.3 Å². The van der Waals surface area contributed by atoms with E-state index in [1.165, 1.54) is 12.0 Å². The van der Waals surface area contributed by atoms with Gasteiger partial charge in [-0.1, -0.05) is 60.7 Å². The molecule has 6 nitrogen and oxygen atoms in total. The van der Waals surface area contributed by atoms with Crippen LogP contribution in [0.4, 0.5) is 0 Å². The van der Waals surface area contributed by atoms with Crippen LogP contribution in [0.2, 0.25) is 0 Å². The van der Waals surface area contributed by atoms with Gasteiger partial charge in [0.2, 0.25) is 0 Å². The van der Waals surface area contributed by atoms with Gasteiger partial charge in [0.05, 0.1) is 35.8 Å². The van der Waals surface area contributed by atoms with Crippen molar-refractivity contribution in [1.29, 1.82) is 0 Å². The number of rotatable bonds is 12. The number of hydrogen-bond acceptors (Lipinski definition) is 5. The molecule has 3 aromatic rings. The smallest absolute Gasteiger partial charge is 0.303 e. The van der Waals surface area contributed by atoms with Crippen molar-refractivity contribution in [3.8, 4) is 0 Å². The van der Waals surface area contributed by atoms with Gasteiger partial charge in [-0.2, -0.15) is 0 Å². The lowest BCUT2D eigenvalue weighted by atomic mass is 9.93. The lowest BCUT2D eigenvalue weighted by Gasteiger charge is -2.18. The number of aliphatic carboxylic acids is 1. The van der Waals surface area contributed by atoms with Gasteiger partial charge in [-0.15, -0.1) is 0 Å². The molecule has 1 saturated heterocycles. The first kappa shape index (κ1) is 26.3. The fourth-order valence-corrected chi connectivity index (χ4v) is 5.51. The van der Waals surface area contributed by atoms with E-state index in [2.05, 4.69) is 71.7 Å². The number of ether oxygens (including phenoxy) is 1. The molecule has 1 aliphatic heterocycles. The van der Waals surface area contributed by atoms with Crippen LogP contribution in [0.15, 0.2) is 72.8 Å². The molecule has 0 spiro atoms. The molecule has 2 aromatic carbocycles. The molecule has 6 heteroatoms. The number of fused-ring (bicyclic) bond motifs is 1. The number of hydrogen-bond donors (Lipinski definition) is 1. The molecule has 0 bridgehead atoms. The van der Waals surface area contributed by atoms with Crippen LogP contribution in [0, 0.1) is 5.92 Å². The fourth-order valence-electron chi connectivity index (χ4n) is 5.51. The van der Waals surface area contributed by atoms with E-state index in [1.54, 1.807) is 0 Å². The molecule has 2 unspecified atom stereocenters. The number of carbonyl (C=O) groups is 1. The van der Waals surface area contributed by atoms with Crippen molar-refractivity contribution in [2.24, 2.45) is 5.92 Å². The summed E-state index contributed by atoms with van der Waals surface area (Å²) in [6.07, 6.45) is 14.1. The van der Waals surface area contributed by atoms with Gasteiger partial charge in [-0.05, 0) is 67.7 Å². The minimum absolute atomic E-state index is 0.188. The zero-order chi connectivity index (χ0) is 26.2. The third kappa shape index (κ3) is 7.15. The Balaban J connectivity index is 1.20. The molecule has 2 atom stereocenters. The number of allylic oxidation sites excluding steroid dienone is 4. The van der Waals surface area contributed by atoms with Crippen molar-refractivity contribution in [1.82, 2.24) is 14.9 Å². The van der Waals surface area contributed by atoms with Crippen LogP contribution in [-0.4, -0.2) is 45.8 Å². The summed E-state index contributed by atoms with van der Waals surface area (Å²) in [5.41, 5.74) is 6.27. The highest BCUT2D eigenvalue weighted by molar-refractivity contribution is 5.75. The van der Waals surface area contributed by atoms with Gasteiger partial charge in [0.25, 0.3) is 0 Å². The Morgan fingerprint density at radius 2 is 1.92 bits per heavy atom. The fraction of sp³-hybridized carbons (Fsp3) is 0.406. The van der Waals surface area contributed by atoms with Crippen molar-refractivity contribution in [2.45, 2.75) is 57.5 Å². The maximum Gasteiger partial charge on any atom is 0.303 e. The summed E-state index contributed by atoms with van der Waals surface area (Å²) in [7, 11) is 0. The normalized spacial score (nSPS) is 19.4. The highest BCUT2D eigenvalue weighted by atomic mass is 16.5. The minimum atomic E-state index is -0.750. The molecule has 0 amide bonds. The number of aryl methyl sites for hydroxylation is 1. The number of nitrogens with zero attached hydrogens (tertiary/aromatic N) is 3. The minimum Gasteiger partial charge on any atom is -0.481 e. The van der Waals surface area contributed by atoms with Gasteiger partial charge >= 0.3 is 5.97 Å². The molecule has 38 heavy (non-hydrogen) atoms. The van der Waals surface area contributed by atoms with Crippen LogP contribution in [-0.2, 0) is 29.0 Å². The SMILES string of the molecule is O=C(O)CCCCc1nc2cc(COCN3CCC(Cc4ccccc4)C3)ccc2nc1C1C=CC=CC1. The highest BCUT2D eigenvalue weighted by Crippen LogP contribution is 2.28. The Kier molecular flexibility index (Phi) is 8.94. The monoisotopic (exact) mass is 511 g/mol. The van der Waals surface area contributed by atoms with E-state index in [9.17, 15) is 4.79 Å². The number of carboxylic acids is 1. The second-order valence-electron chi connectivity index (χ2n) is 10.5. The van der Waals surface area contributed by atoms with Crippen LogP contribution in [0.5, 0.6) is 0 Å². The number of carboxylic acid groups (broad SMARTS) is 1. The van der Waals surface area contributed by atoms with E-state index in [0.29, 0.717) is 25.7 Å². The van der Waals surface area contributed by atoms with Gasteiger partial charge in [-0.25, -0.2) is 9.97 Å². The van der Waals surface area contributed by atoms with E-state index in [0.717, 1.165) is 66.8 Å². The largest absolute Gasteiger partial charge is 0.481 e. The van der Waals surface area contributed by atoms with Crippen molar-refractivity contribution in [3.63, 3.8) is 0 Å². The van der Waals surface area contributed by atoms with Crippen molar-refractivity contribution < 1.29 is 14.6 Å². The van der Waals surface area contributed by atoms with Crippen molar-refractivity contribution in [3.05, 3.63) is 95.3 Å². The van der Waals surface area contributed by atoms with Crippen LogP contribution >= 0.6 is 0 Å². The molecule has 1 aromatic heterocycles. The molecule has 0 radical (unpaired) electrons. The number of unbranched alkanes of at least 4 members (excludes halogenated alkanes) is 1. The first-order chi connectivity index (χ1) is 18.6. The molecule has 1 aliphatic carbocycles. The van der Waals surface area contributed by atoms with E-state index in [1.807, 2.05) is 6.07 Å². The van der Waals surface area contributed by atoms with Crippen LogP contribution < -0.4 is 0 Å². The standard InChI is InChI=1S/C32H37N3O3/c36-31(37)14-8-7-13-29-32(27-11-5-2-6-12-27)34-28-16-15-26(20-30(28)33-29)22-38-23-35-18-17-25(21-35)19-24-9-3-1-4-10-24/h1-6,9-11,15-16,20,25,27H,7-8,12-14,17-19,21-23H2,(H,36,37). The maximum atomic E-state index is 10.9. The third-order valence-corrected chi connectivity index (χ3v) is 7.50. The van der Waals surface area contributed by atoms with Gasteiger partial charge in [-0.3, -0.25) is 9.69 Å². The lowest BCUT2D eigenvalue weighted by Crippen LogP contribution is -2.24. The number of aromatic nitrogens is 2. The maximum absolute atomic E-state index is 10.9. The molecule has 2 aliphatic rings. The average molecular weight is 512 g/mol. The highest BCUT2D eigenvalue weighted by Gasteiger charge is 2.22. The van der Waals surface area contributed by atoms with Crippen LogP contribution in [0.1, 0.15) is 60.5 Å². The van der Waals surface area contributed by atoms with E-state index < -0.39 is 5.97 Å². The topological polar surface area (TPSA) is 75.6 Å². The Hall–Kier alpha value is -3.35. The van der Waals surface area contributed by atoms with Crippen LogP contribution in [0.25, 0.3) is 11.0 Å². The van der Waals surface area contributed by atoms with E-state index >= 15 is 0 Å². The summed E-state index contributed by atoms with van der Waals surface area (Å²) in [5, 5.41) is 8.99. The molecule has 2 heterocycles. The third-order valence-electron chi connectivity index (χ3n) is 7.50.